The highest BCUT2D eigenvalue weighted by molar-refractivity contribution is 14.0. The predicted octanol–water partition coefficient (Wildman–Crippen LogP) is 3.95. The van der Waals surface area contributed by atoms with Crippen molar-refractivity contribution in [2.45, 2.75) is 43.6 Å². The first-order chi connectivity index (χ1) is 13.7. The number of morpholine rings is 1. The number of nitrogens with one attached hydrogen (secondary N) is 1. The predicted molar refractivity (Wildman–Crippen MR) is 129 cm³/mol. The average molecular weight is 529 g/mol. The molecular formula is C21H32IN5OS. The van der Waals surface area contributed by atoms with Crippen LogP contribution in [0.25, 0.3) is 0 Å². The fourth-order valence-electron chi connectivity index (χ4n) is 4.55. The maximum absolute atomic E-state index is 6.00. The topological polar surface area (TPSA) is 54.7 Å². The molecule has 2 aromatic heterocycles. The molecule has 1 atom stereocenters. The van der Waals surface area contributed by atoms with Crippen molar-refractivity contribution in [3.8, 4) is 0 Å². The second-order valence-corrected chi connectivity index (χ2v) is 8.92. The van der Waals surface area contributed by atoms with Gasteiger partial charge in [0.2, 0.25) is 0 Å². The number of hydrogen-bond acceptors (Lipinski definition) is 4. The summed E-state index contributed by atoms with van der Waals surface area (Å²) < 4.78 is 7.83. The zero-order valence-corrected chi connectivity index (χ0v) is 20.5. The number of guanidine groups is 1. The van der Waals surface area contributed by atoms with Gasteiger partial charge in [0.25, 0.3) is 0 Å². The fraction of sp³-hybridized carbons (Fsp3) is 0.619. The molecule has 3 heterocycles. The molecule has 1 N–H and O–H groups in total. The summed E-state index contributed by atoms with van der Waals surface area (Å²) in [5.74, 6) is 0.985. The summed E-state index contributed by atoms with van der Waals surface area (Å²) in [6.07, 6.45) is 10.5. The molecule has 160 valence electrons. The van der Waals surface area contributed by atoms with Gasteiger partial charge in [-0.05, 0) is 24.3 Å². The number of halogens is 1. The molecule has 0 aromatic carbocycles. The highest BCUT2D eigenvalue weighted by Gasteiger charge is 2.35. The Hall–Kier alpha value is -1.13. The van der Waals surface area contributed by atoms with E-state index in [2.05, 4.69) is 37.8 Å². The molecule has 1 aliphatic heterocycles. The van der Waals surface area contributed by atoms with Crippen molar-refractivity contribution in [2.24, 2.45) is 12.0 Å². The summed E-state index contributed by atoms with van der Waals surface area (Å²) in [5.41, 5.74) is 1.38. The molecule has 1 saturated heterocycles. The first-order valence-electron chi connectivity index (χ1n) is 10.3. The van der Waals surface area contributed by atoms with E-state index in [0.29, 0.717) is 6.61 Å². The van der Waals surface area contributed by atoms with E-state index >= 15 is 0 Å². The Morgan fingerprint density at radius 1 is 1.38 bits per heavy atom. The Bertz CT molecular complexity index is 785. The lowest BCUT2D eigenvalue weighted by Crippen LogP contribution is -2.51. The number of thiophene rings is 1. The van der Waals surface area contributed by atoms with Crippen LogP contribution < -0.4 is 5.32 Å². The SMILES string of the molecule is CN=C(NCC1(c2cccs2)CCCCC1)N1CCOC(c2cnn(C)c2)C1.I. The van der Waals surface area contributed by atoms with E-state index in [0.717, 1.165) is 31.2 Å². The van der Waals surface area contributed by atoms with Crippen molar-refractivity contribution in [1.82, 2.24) is 20.0 Å². The molecule has 2 aliphatic rings. The number of rotatable bonds is 4. The van der Waals surface area contributed by atoms with Gasteiger partial charge in [0, 0.05) is 49.2 Å². The number of hydrogen-bond donors (Lipinski definition) is 1. The Morgan fingerprint density at radius 2 is 2.21 bits per heavy atom. The summed E-state index contributed by atoms with van der Waals surface area (Å²) in [4.78, 5) is 8.44. The summed E-state index contributed by atoms with van der Waals surface area (Å²) in [5, 5.41) is 10.2. The van der Waals surface area contributed by atoms with Gasteiger partial charge in [0.15, 0.2) is 5.96 Å². The smallest absolute Gasteiger partial charge is 0.193 e. The van der Waals surface area contributed by atoms with Crippen LogP contribution in [0.5, 0.6) is 0 Å². The van der Waals surface area contributed by atoms with Gasteiger partial charge in [-0.25, -0.2) is 0 Å². The van der Waals surface area contributed by atoms with Crippen molar-refractivity contribution >= 4 is 41.3 Å². The minimum Gasteiger partial charge on any atom is -0.370 e. The van der Waals surface area contributed by atoms with Gasteiger partial charge >= 0.3 is 0 Å². The summed E-state index contributed by atoms with van der Waals surface area (Å²) in [6, 6.07) is 4.50. The third kappa shape index (κ3) is 5.14. The van der Waals surface area contributed by atoms with Crippen molar-refractivity contribution in [3.05, 3.63) is 40.3 Å². The largest absolute Gasteiger partial charge is 0.370 e. The summed E-state index contributed by atoms with van der Waals surface area (Å²) >= 11 is 1.90. The zero-order chi connectivity index (χ0) is 19.4. The molecule has 4 rings (SSSR count). The molecule has 0 spiro atoms. The molecule has 2 aromatic rings. The standard InChI is InChI=1S/C21H31N5OS.HI/c1-22-20(26-10-11-27-18(15-26)17-13-24-25(2)14-17)23-16-21(8-4-3-5-9-21)19-7-6-12-28-19;/h6-7,12-14,18H,3-5,8-11,15-16H2,1-2H3,(H,22,23);1H. The second kappa shape index (κ2) is 10.3. The number of nitrogens with zero attached hydrogens (tertiary/aromatic N) is 4. The van der Waals surface area contributed by atoms with Crippen LogP contribution in [0.1, 0.15) is 48.6 Å². The number of aromatic nitrogens is 2. The van der Waals surface area contributed by atoms with E-state index in [1.54, 1.807) is 0 Å². The van der Waals surface area contributed by atoms with Gasteiger partial charge in [-0.1, -0.05) is 25.3 Å². The maximum Gasteiger partial charge on any atom is 0.193 e. The molecule has 1 unspecified atom stereocenters. The second-order valence-electron chi connectivity index (χ2n) is 7.97. The van der Waals surface area contributed by atoms with Crippen LogP contribution >= 0.6 is 35.3 Å². The highest BCUT2D eigenvalue weighted by atomic mass is 127. The molecule has 0 amide bonds. The monoisotopic (exact) mass is 529 g/mol. The molecule has 1 aliphatic carbocycles. The Morgan fingerprint density at radius 3 is 2.86 bits per heavy atom. The van der Waals surface area contributed by atoms with E-state index in [1.165, 1.54) is 37.0 Å². The molecule has 29 heavy (non-hydrogen) atoms. The molecule has 2 fully saturated rings. The third-order valence-corrected chi connectivity index (χ3v) is 7.23. The maximum atomic E-state index is 6.00. The van der Waals surface area contributed by atoms with E-state index in [-0.39, 0.29) is 35.5 Å². The Balaban J connectivity index is 0.00000240. The number of ether oxygens (including phenoxy) is 1. The Labute approximate surface area is 194 Å². The lowest BCUT2D eigenvalue weighted by atomic mass is 9.73. The molecule has 0 radical (unpaired) electrons. The minimum atomic E-state index is 0. The van der Waals surface area contributed by atoms with Gasteiger partial charge < -0.3 is 15.0 Å². The van der Waals surface area contributed by atoms with Gasteiger partial charge in [0.1, 0.15) is 6.10 Å². The normalized spacial score (nSPS) is 22.2. The van der Waals surface area contributed by atoms with Crippen LogP contribution in [-0.2, 0) is 17.2 Å². The lowest BCUT2D eigenvalue weighted by Gasteiger charge is -2.39. The van der Waals surface area contributed by atoms with Gasteiger partial charge in [0.05, 0.1) is 19.3 Å². The molecule has 0 bridgehead atoms. The van der Waals surface area contributed by atoms with Crippen LogP contribution in [0.2, 0.25) is 0 Å². The van der Waals surface area contributed by atoms with Gasteiger partial charge in [-0.2, -0.15) is 5.10 Å². The summed E-state index contributed by atoms with van der Waals surface area (Å²) in [7, 11) is 3.83. The minimum absolute atomic E-state index is 0. The van der Waals surface area contributed by atoms with E-state index in [4.69, 9.17) is 4.74 Å². The first-order valence-corrected chi connectivity index (χ1v) is 11.2. The molecule has 6 nitrogen and oxygen atoms in total. The van der Waals surface area contributed by atoms with Gasteiger partial charge in [-0.3, -0.25) is 9.67 Å². The molecule has 1 saturated carbocycles. The van der Waals surface area contributed by atoms with Crippen LogP contribution in [0.3, 0.4) is 0 Å². The van der Waals surface area contributed by atoms with Crippen LogP contribution in [-0.4, -0.2) is 53.9 Å². The average Bonchev–Trinajstić information content (AvgIpc) is 3.42. The first kappa shape index (κ1) is 22.6. The van der Waals surface area contributed by atoms with Crippen LogP contribution in [0.15, 0.2) is 34.9 Å². The van der Waals surface area contributed by atoms with Crippen molar-refractivity contribution in [1.29, 1.82) is 0 Å². The highest BCUT2D eigenvalue weighted by Crippen LogP contribution is 2.41. The van der Waals surface area contributed by atoms with Crippen molar-refractivity contribution in [3.63, 3.8) is 0 Å². The molecule has 8 heteroatoms. The van der Waals surface area contributed by atoms with Crippen molar-refractivity contribution < 1.29 is 4.74 Å². The van der Waals surface area contributed by atoms with Crippen LogP contribution in [0, 0.1) is 0 Å². The Kier molecular flexibility index (Phi) is 7.98. The lowest BCUT2D eigenvalue weighted by molar-refractivity contribution is -0.00814. The quantitative estimate of drug-likeness (QED) is 0.371. The zero-order valence-electron chi connectivity index (χ0n) is 17.3. The third-order valence-electron chi connectivity index (χ3n) is 6.11. The summed E-state index contributed by atoms with van der Waals surface area (Å²) in [6.45, 7) is 3.32. The van der Waals surface area contributed by atoms with E-state index in [9.17, 15) is 0 Å². The number of aryl methyl sites for hydroxylation is 1. The van der Waals surface area contributed by atoms with E-state index in [1.807, 2.05) is 42.5 Å². The number of aliphatic imine (C=N–C) groups is 1. The van der Waals surface area contributed by atoms with Gasteiger partial charge in [-0.15, -0.1) is 35.3 Å². The van der Waals surface area contributed by atoms with E-state index < -0.39 is 0 Å². The molecular weight excluding hydrogens is 497 g/mol. The fourth-order valence-corrected chi connectivity index (χ4v) is 5.54. The van der Waals surface area contributed by atoms with Crippen LogP contribution in [0.4, 0.5) is 0 Å². The van der Waals surface area contributed by atoms with Crippen molar-refractivity contribution in [2.75, 3.05) is 33.3 Å².